The predicted molar refractivity (Wildman–Crippen MR) is 137 cm³/mol. The van der Waals surface area contributed by atoms with E-state index in [4.69, 9.17) is 0 Å². The van der Waals surface area contributed by atoms with Crippen molar-refractivity contribution in [3.63, 3.8) is 0 Å². The van der Waals surface area contributed by atoms with Crippen molar-refractivity contribution in [2.24, 2.45) is 13.0 Å². The summed E-state index contributed by atoms with van der Waals surface area (Å²) in [5.41, 5.74) is 3.74. The third-order valence-electron chi connectivity index (χ3n) is 7.74. The number of Topliss-reactive ketones (excluding diaryl/α,β-unsaturated/α-hetero) is 1. The lowest BCUT2D eigenvalue weighted by atomic mass is 9.89. The second-order valence-corrected chi connectivity index (χ2v) is 10.2. The van der Waals surface area contributed by atoms with E-state index >= 15 is 0 Å². The van der Waals surface area contributed by atoms with Gasteiger partial charge in [0, 0.05) is 55.9 Å². The standard InChI is InChI=1S/C29H32FN3O3/c1-19-15-26-24(25(18-31(26)2)27(34)29(36)32-11-3-4-12-32)17-23(19)28(35)33-13-9-21(10-14-33)16-20-5-7-22(30)8-6-20/h5-8,15,17-18,21H,3-4,9-14,16H2,1-2H3. The number of amides is 2. The Morgan fingerprint density at radius 1 is 0.917 bits per heavy atom. The van der Waals surface area contributed by atoms with Crippen molar-refractivity contribution in [1.82, 2.24) is 14.4 Å². The molecule has 7 heteroatoms. The molecule has 0 N–H and O–H groups in total. The fraction of sp³-hybridized carbons (Fsp3) is 0.414. The minimum atomic E-state index is -0.508. The highest BCUT2D eigenvalue weighted by Gasteiger charge is 2.29. The van der Waals surface area contributed by atoms with Crippen LogP contribution in [0.25, 0.3) is 10.9 Å². The Balaban J connectivity index is 1.33. The Morgan fingerprint density at radius 3 is 2.25 bits per heavy atom. The molecular weight excluding hydrogens is 457 g/mol. The number of nitrogens with zero attached hydrogens (tertiary/aromatic N) is 3. The highest BCUT2D eigenvalue weighted by atomic mass is 19.1. The molecule has 2 fully saturated rings. The van der Waals surface area contributed by atoms with Crippen LogP contribution in [0.4, 0.5) is 4.39 Å². The van der Waals surface area contributed by atoms with E-state index in [1.54, 1.807) is 17.2 Å². The Kier molecular flexibility index (Phi) is 6.65. The van der Waals surface area contributed by atoms with Crippen LogP contribution >= 0.6 is 0 Å². The summed E-state index contributed by atoms with van der Waals surface area (Å²) < 4.78 is 15.0. The van der Waals surface area contributed by atoms with Crippen LogP contribution in [0.2, 0.25) is 0 Å². The third-order valence-corrected chi connectivity index (χ3v) is 7.74. The molecule has 36 heavy (non-hydrogen) atoms. The van der Waals surface area contributed by atoms with Crippen molar-refractivity contribution in [3.8, 4) is 0 Å². The number of aryl methyl sites for hydroxylation is 2. The summed E-state index contributed by atoms with van der Waals surface area (Å²) in [6.45, 7) is 4.48. The first-order valence-corrected chi connectivity index (χ1v) is 12.8. The monoisotopic (exact) mass is 489 g/mol. The van der Waals surface area contributed by atoms with Crippen molar-refractivity contribution < 1.29 is 18.8 Å². The molecule has 0 aliphatic carbocycles. The van der Waals surface area contributed by atoms with E-state index in [2.05, 4.69) is 0 Å². The molecule has 3 heterocycles. The first-order valence-electron chi connectivity index (χ1n) is 12.8. The zero-order valence-corrected chi connectivity index (χ0v) is 20.9. The van der Waals surface area contributed by atoms with Crippen LogP contribution < -0.4 is 0 Å². The van der Waals surface area contributed by atoms with Crippen LogP contribution in [0.15, 0.2) is 42.6 Å². The van der Waals surface area contributed by atoms with Crippen molar-refractivity contribution in [1.29, 1.82) is 0 Å². The number of fused-ring (bicyclic) bond motifs is 1. The molecule has 0 atom stereocenters. The number of carbonyl (C=O) groups excluding carboxylic acids is 3. The lowest BCUT2D eigenvalue weighted by Crippen LogP contribution is -2.39. The van der Waals surface area contributed by atoms with E-state index in [9.17, 15) is 18.8 Å². The number of benzene rings is 2. The number of piperidine rings is 1. The number of aromatic nitrogens is 1. The second-order valence-electron chi connectivity index (χ2n) is 10.2. The minimum Gasteiger partial charge on any atom is -0.350 e. The third kappa shape index (κ3) is 4.66. The van der Waals surface area contributed by atoms with Gasteiger partial charge in [0.1, 0.15) is 5.82 Å². The van der Waals surface area contributed by atoms with E-state index < -0.39 is 11.7 Å². The molecule has 6 nitrogen and oxygen atoms in total. The van der Waals surface area contributed by atoms with E-state index in [0.717, 1.165) is 48.7 Å². The SMILES string of the molecule is Cc1cc2c(cc1C(=O)N1CCC(Cc3ccc(F)cc3)CC1)c(C(=O)C(=O)N1CCCC1)cn2C. The number of ketones is 1. The van der Waals surface area contributed by atoms with Gasteiger partial charge in [-0.25, -0.2) is 4.39 Å². The maximum Gasteiger partial charge on any atom is 0.295 e. The van der Waals surface area contributed by atoms with Crippen molar-refractivity contribution in [2.45, 2.75) is 39.0 Å². The molecule has 0 bridgehead atoms. The number of rotatable bonds is 5. The van der Waals surface area contributed by atoms with Crippen LogP contribution in [0.5, 0.6) is 0 Å². The maximum absolute atomic E-state index is 13.5. The number of hydrogen-bond donors (Lipinski definition) is 0. The molecule has 0 unspecified atom stereocenters. The Labute approximate surface area is 210 Å². The number of hydrogen-bond acceptors (Lipinski definition) is 3. The predicted octanol–water partition coefficient (Wildman–Crippen LogP) is 4.53. The Morgan fingerprint density at radius 2 is 1.58 bits per heavy atom. The van der Waals surface area contributed by atoms with Gasteiger partial charge in [0.15, 0.2) is 0 Å². The van der Waals surface area contributed by atoms with Gasteiger partial charge in [-0.15, -0.1) is 0 Å². The van der Waals surface area contributed by atoms with Crippen molar-refractivity contribution >= 4 is 28.5 Å². The first kappa shape index (κ1) is 24.2. The molecule has 2 aliphatic rings. The summed E-state index contributed by atoms with van der Waals surface area (Å²) in [6, 6.07) is 10.4. The molecule has 0 radical (unpaired) electrons. The quantitative estimate of drug-likeness (QED) is 0.391. The fourth-order valence-corrected chi connectivity index (χ4v) is 5.59. The van der Waals surface area contributed by atoms with Crippen LogP contribution in [0, 0.1) is 18.7 Å². The van der Waals surface area contributed by atoms with Crippen LogP contribution in [-0.2, 0) is 18.3 Å². The summed E-state index contributed by atoms with van der Waals surface area (Å²) in [7, 11) is 1.85. The first-order chi connectivity index (χ1) is 17.3. The molecule has 3 aromatic rings. The van der Waals surface area contributed by atoms with Gasteiger partial charge in [-0.1, -0.05) is 12.1 Å². The fourth-order valence-electron chi connectivity index (χ4n) is 5.59. The number of carbonyl (C=O) groups is 3. The largest absolute Gasteiger partial charge is 0.350 e. The van der Waals surface area contributed by atoms with Gasteiger partial charge in [-0.3, -0.25) is 14.4 Å². The molecular formula is C29H32FN3O3. The zero-order chi connectivity index (χ0) is 25.4. The minimum absolute atomic E-state index is 0.0391. The van der Waals surface area contributed by atoms with E-state index in [1.165, 1.54) is 12.1 Å². The van der Waals surface area contributed by atoms with Gasteiger partial charge < -0.3 is 14.4 Å². The molecule has 1 aromatic heterocycles. The highest BCUT2D eigenvalue weighted by molar-refractivity contribution is 6.45. The van der Waals surface area contributed by atoms with E-state index in [1.807, 2.05) is 41.6 Å². The highest BCUT2D eigenvalue weighted by Crippen LogP contribution is 2.29. The Hall–Kier alpha value is -3.48. The summed E-state index contributed by atoms with van der Waals surface area (Å²) in [6.07, 6.45) is 6.22. The van der Waals surface area contributed by atoms with Gasteiger partial charge in [0.2, 0.25) is 0 Å². The van der Waals surface area contributed by atoms with Gasteiger partial charge in [0.05, 0.1) is 5.56 Å². The average Bonchev–Trinajstić information content (AvgIpc) is 3.53. The molecule has 2 saturated heterocycles. The van der Waals surface area contributed by atoms with Crippen LogP contribution in [0.3, 0.4) is 0 Å². The van der Waals surface area contributed by atoms with Crippen molar-refractivity contribution in [3.05, 3.63) is 70.7 Å². The summed E-state index contributed by atoms with van der Waals surface area (Å²) in [4.78, 5) is 42.9. The van der Waals surface area contributed by atoms with Gasteiger partial charge in [-0.2, -0.15) is 0 Å². The Bertz CT molecular complexity index is 1310. The smallest absolute Gasteiger partial charge is 0.295 e. The van der Waals surface area contributed by atoms with E-state index in [-0.39, 0.29) is 11.7 Å². The van der Waals surface area contributed by atoms with Gasteiger partial charge in [-0.05, 0) is 80.3 Å². The molecule has 2 aromatic carbocycles. The average molecular weight is 490 g/mol. The lowest BCUT2D eigenvalue weighted by Gasteiger charge is -2.32. The molecule has 2 aliphatic heterocycles. The zero-order valence-electron chi connectivity index (χ0n) is 20.9. The normalized spacial score (nSPS) is 16.6. The maximum atomic E-state index is 13.5. The summed E-state index contributed by atoms with van der Waals surface area (Å²) in [5, 5.41) is 0.648. The molecule has 5 rings (SSSR count). The van der Waals surface area contributed by atoms with Gasteiger partial charge >= 0.3 is 0 Å². The van der Waals surface area contributed by atoms with E-state index in [0.29, 0.717) is 48.6 Å². The molecule has 2 amide bonds. The topological polar surface area (TPSA) is 62.6 Å². The van der Waals surface area contributed by atoms with Gasteiger partial charge in [0.25, 0.3) is 17.6 Å². The summed E-state index contributed by atoms with van der Waals surface area (Å²) >= 11 is 0. The number of likely N-dealkylation sites (tertiary alicyclic amines) is 2. The lowest BCUT2D eigenvalue weighted by molar-refractivity contribution is -0.125. The van der Waals surface area contributed by atoms with Crippen molar-refractivity contribution in [2.75, 3.05) is 26.2 Å². The number of halogens is 1. The van der Waals surface area contributed by atoms with Crippen LogP contribution in [0.1, 0.15) is 57.5 Å². The molecule has 188 valence electrons. The molecule has 0 saturated carbocycles. The van der Waals surface area contributed by atoms with Crippen LogP contribution in [-0.4, -0.2) is 58.1 Å². The second kappa shape index (κ2) is 9.88. The molecule has 0 spiro atoms. The summed E-state index contributed by atoms with van der Waals surface area (Å²) in [5.74, 6) is -0.779.